The van der Waals surface area contributed by atoms with Crippen LogP contribution in [0.4, 0.5) is 4.79 Å². The molecule has 1 fully saturated rings. The van der Waals surface area contributed by atoms with Gasteiger partial charge in [-0.25, -0.2) is 0 Å². The van der Waals surface area contributed by atoms with Crippen LogP contribution in [0.3, 0.4) is 0 Å². The number of para-hydroxylation sites is 1. The van der Waals surface area contributed by atoms with Gasteiger partial charge >= 0.3 is 0 Å². The molecule has 0 unspecified atom stereocenters. The second-order valence-electron chi connectivity index (χ2n) is 4.57. The lowest BCUT2D eigenvalue weighted by molar-refractivity contribution is -0.115. The van der Waals surface area contributed by atoms with Crippen molar-refractivity contribution in [3.8, 4) is 11.5 Å². The molecule has 0 spiro atoms. The second-order valence-corrected chi connectivity index (χ2v) is 6.43. The molecule has 0 bridgehead atoms. The van der Waals surface area contributed by atoms with Gasteiger partial charge in [-0.1, -0.05) is 41.4 Å². The Morgan fingerprint density at radius 2 is 1.83 bits per heavy atom. The van der Waals surface area contributed by atoms with Gasteiger partial charge in [0.1, 0.15) is 11.5 Å². The maximum Gasteiger partial charge on any atom is 0.290 e. The van der Waals surface area contributed by atoms with Gasteiger partial charge in [-0.3, -0.25) is 14.9 Å². The summed E-state index contributed by atoms with van der Waals surface area (Å²) in [4.78, 5) is 23.2. The van der Waals surface area contributed by atoms with Crippen LogP contribution in [0, 0.1) is 0 Å². The van der Waals surface area contributed by atoms with Crippen LogP contribution >= 0.6 is 35.0 Å². The molecule has 23 heavy (non-hydrogen) atoms. The highest BCUT2D eigenvalue weighted by molar-refractivity contribution is 8.18. The van der Waals surface area contributed by atoms with Gasteiger partial charge in [0, 0.05) is 10.6 Å². The van der Waals surface area contributed by atoms with Crippen molar-refractivity contribution in [2.45, 2.75) is 0 Å². The molecular formula is C16H9Cl2NO3S. The zero-order valence-electron chi connectivity index (χ0n) is 11.5. The van der Waals surface area contributed by atoms with Crippen molar-refractivity contribution >= 4 is 52.2 Å². The van der Waals surface area contributed by atoms with Crippen molar-refractivity contribution in [2.75, 3.05) is 0 Å². The molecule has 2 aromatic rings. The fourth-order valence-electron chi connectivity index (χ4n) is 1.93. The van der Waals surface area contributed by atoms with Gasteiger partial charge in [0.25, 0.3) is 11.1 Å². The number of amides is 2. The Hall–Kier alpha value is -1.95. The van der Waals surface area contributed by atoms with Gasteiger partial charge < -0.3 is 4.74 Å². The van der Waals surface area contributed by atoms with Gasteiger partial charge in [-0.2, -0.15) is 0 Å². The number of hydrogen-bond acceptors (Lipinski definition) is 4. The first-order valence-corrected chi connectivity index (χ1v) is 8.07. The predicted octanol–water partition coefficient (Wildman–Crippen LogP) is 5.11. The van der Waals surface area contributed by atoms with E-state index >= 15 is 0 Å². The molecule has 0 aliphatic carbocycles. The van der Waals surface area contributed by atoms with Crippen LogP contribution in [-0.4, -0.2) is 11.1 Å². The molecule has 116 valence electrons. The fourth-order valence-corrected chi connectivity index (χ4v) is 3.05. The minimum absolute atomic E-state index is 0.313. The molecule has 0 atom stereocenters. The number of halogens is 2. The molecule has 1 N–H and O–H groups in total. The average Bonchev–Trinajstić information content (AvgIpc) is 2.82. The standard InChI is InChI=1S/C16H9Cl2NO3S/c17-10-5-6-13(11(18)8-10)22-12-4-2-1-3-9(12)7-14-15(20)19-16(21)23-14/h1-8H,(H,19,20,21)/b14-7+. The summed E-state index contributed by atoms with van der Waals surface area (Å²) < 4.78 is 5.81. The van der Waals surface area contributed by atoms with E-state index in [-0.39, 0.29) is 5.24 Å². The molecule has 2 amide bonds. The van der Waals surface area contributed by atoms with Crippen LogP contribution in [0.1, 0.15) is 5.56 Å². The quantitative estimate of drug-likeness (QED) is 0.767. The monoisotopic (exact) mass is 365 g/mol. The Morgan fingerprint density at radius 3 is 2.52 bits per heavy atom. The summed E-state index contributed by atoms with van der Waals surface area (Å²) in [5.74, 6) is 0.540. The Balaban J connectivity index is 1.94. The zero-order valence-corrected chi connectivity index (χ0v) is 13.8. The van der Waals surface area contributed by atoms with E-state index in [4.69, 9.17) is 27.9 Å². The maximum atomic E-state index is 11.7. The highest BCUT2D eigenvalue weighted by Crippen LogP contribution is 2.35. The van der Waals surface area contributed by atoms with Crippen molar-refractivity contribution in [3.63, 3.8) is 0 Å². The summed E-state index contributed by atoms with van der Waals surface area (Å²) in [5, 5.41) is 2.71. The summed E-state index contributed by atoms with van der Waals surface area (Å²) in [6, 6.07) is 12.0. The predicted molar refractivity (Wildman–Crippen MR) is 92.1 cm³/mol. The largest absolute Gasteiger partial charge is 0.455 e. The van der Waals surface area contributed by atoms with E-state index < -0.39 is 5.91 Å². The van der Waals surface area contributed by atoms with Crippen LogP contribution in [0.15, 0.2) is 47.4 Å². The Kier molecular flexibility index (Phi) is 4.61. The highest BCUT2D eigenvalue weighted by atomic mass is 35.5. The first-order valence-electron chi connectivity index (χ1n) is 6.50. The minimum atomic E-state index is -0.417. The number of thioether (sulfide) groups is 1. The number of benzene rings is 2. The van der Waals surface area contributed by atoms with E-state index in [1.165, 1.54) is 0 Å². The van der Waals surface area contributed by atoms with Crippen LogP contribution in [0.5, 0.6) is 11.5 Å². The molecule has 4 nitrogen and oxygen atoms in total. The third kappa shape index (κ3) is 3.69. The molecule has 1 heterocycles. The van der Waals surface area contributed by atoms with E-state index in [9.17, 15) is 9.59 Å². The number of ether oxygens (including phenoxy) is 1. The van der Waals surface area contributed by atoms with Crippen LogP contribution in [0.25, 0.3) is 6.08 Å². The van der Waals surface area contributed by atoms with Crippen LogP contribution in [0.2, 0.25) is 10.0 Å². The first-order chi connectivity index (χ1) is 11.0. The van der Waals surface area contributed by atoms with Gasteiger partial charge in [0.05, 0.1) is 9.93 Å². The lowest BCUT2D eigenvalue weighted by atomic mass is 10.2. The number of nitrogens with one attached hydrogen (secondary N) is 1. The number of carbonyl (C=O) groups excluding carboxylic acids is 2. The van der Waals surface area contributed by atoms with Crippen molar-refractivity contribution in [1.82, 2.24) is 5.32 Å². The van der Waals surface area contributed by atoms with Gasteiger partial charge in [0.15, 0.2) is 0 Å². The van der Waals surface area contributed by atoms with Crippen molar-refractivity contribution in [1.29, 1.82) is 0 Å². The summed E-state index contributed by atoms with van der Waals surface area (Å²) in [7, 11) is 0. The topological polar surface area (TPSA) is 55.4 Å². The molecule has 3 rings (SSSR count). The van der Waals surface area contributed by atoms with Crippen molar-refractivity contribution in [3.05, 3.63) is 63.0 Å². The molecule has 1 saturated heterocycles. The van der Waals surface area contributed by atoms with Gasteiger partial charge in [0.2, 0.25) is 0 Å². The molecule has 1 aliphatic heterocycles. The zero-order chi connectivity index (χ0) is 16.4. The molecule has 2 aromatic carbocycles. The number of carbonyl (C=O) groups is 2. The van der Waals surface area contributed by atoms with Crippen LogP contribution < -0.4 is 10.1 Å². The minimum Gasteiger partial charge on any atom is -0.455 e. The van der Waals surface area contributed by atoms with Crippen molar-refractivity contribution < 1.29 is 14.3 Å². The lowest BCUT2D eigenvalue weighted by Gasteiger charge is -2.10. The Labute approximate surface area is 146 Å². The molecule has 0 aromatic heterocycles. The summed E-state index contributed by atoms with van der Waals surface area (Å²) in [6.07, 6.45) is 1.60. The maximum absolute atomic E-state index is 11.7. The van der Waals surface area contributed by atoms with Crippen LogP contribution in [-0.2, 0) is 4.79 Å². The van der Waals surface area contributed by atoms with Gasteiger partial charge in [-0.15, -0.1) is 0 Å². The fraction of sp³-hybridized carbons (Fsp3) is 0. The summed E-state index contributed by atoms with van der Waals surface area (Å²) in [6.45, 7) is 0. The van der Waals surface area contributed by atoms with E-state index in [2.05, 4.69) is 5.32 Å². The lowest BCUT2D eigenvalue weighted by Crippen LogP contribution is -2.17. The smallest absolute Gasteiger partial charge is 0.290 e. The molecular weight excluding hydrogens is 357 g/mol. The summed E-state index contributed by atoms with van der Waals surface area (Å²) in [5.41, 5.74) is 0.658. The number of hydrogen-bond donors (Lipinski definition) is 1. The third-order valence-corrected chi connectivity index (χ3v) is 4.30. The SMILES string of the molecule is O=C1NC(=O)/C(=C\c2ccccc2Oc2ccc(Cl)cc2Cl)S1. The average molecular weight is 366 g/mol. The Bertz CT molecular complexity index is 836. The van der Waals surface area contributed by atoms with Crippen molar-refractivity contribution in [2.24, 2.45) is 0 Å². The third-order valence-electron chi connectivity index (χ3n) is 2.96. The summed E-state index contributed by atoms with van der Waals surface area (Å²) >= 11 is 12.8. The Morgan fingerprint density at radius 1 is 1.04 bits per heavy atom. The van der Waals surface area contributed by atoms with Gasteiger partial charge in [-0.05, 0) is 42.1 Å². The molecule has 0 saturated carbocycles. The van der Waals surface area contributed by atoms with E-state index in [0.29, 0.717) is 32.0 Å². The van der Waals surface area contributed by atoms with E-state index in [0.717, 1.165) is 11.8 Å². The first kappa shape index (κ1) is 15.9. The van der Waals surface area contributed by atoms with E-state index in [1.807, 2.05) is 6.07 Å². The number of imide groups is 1. The highest BCUT2D eigenvalue weighted by Gasteiger charge is 2.25. The molecule has 1 aliphatic rings. The molecule has 7 heteroatoms. The van der Waals surface area contributed by atoms with E-state index in [1.54, 1.807) is 42.5 Å². The number of rotatable bonds is 3. The second kappa shape index (κ2) is 6.66. The molecule has 0 radical (unpaired) electrons. The normalized spacial score (nSPS) is 15.8.